The van der Waals surface area contributed by atoms with Gasteiger partial charge in [-0.1, -0.05) is 24.3 Å². The zero-order chi connectivity index (χ0) is 14.4. The molecule has 0 aromatic heterocycles. The first-order valence-corrected chi connectivity index (χ1v) is 8.68. The van der Waals surface area contributed by atoms with Crippen molar-refractivity contribution >= 4 is 9.84 Å². The van der Waals surface area contributed by atoms with E-state index in [0.717, 1.165) is 24.0 Å². The number of sulfone groups is 1. The summed E-state index contributed by atoms with van der Waals surface area (Å²) in [5.74, 6) is 0.203. The van der Waals surface area contributed by atoms with E-state index in [1.54, 1.807) is 0 Å². The lowest BCUT2D eigenvalue weighted by atomic mass is 9.78. The Morgan fingerprint density at radius 1 is 1.35 bits per heavy atom. The van der Waals surface area contributed by atoms with Crippen LogP contribution in [-0.4, -0.2) is 25.0 Å². The van der Waals surface area contributed by atoms with Crippen LogP contribution in [0.3, 0.4) is 0 Å². The highest BCUT2D eigenvalue weighted by Crippen LogP contribution is 2.48. The molecular formula is C15H17NO3S. The molecule has 1 N–H and O–H groups in total. The molecule has 2 unspecified atom stereocenters. The lowest BCUT2D eigenvalue weighted by molar-refractivity contribution is 0.0785. The second kappa shape index (κ2) is 4.57. The summed E-state index contributed by atoms with van der Waals surface area (Å²) in [7, 11) is -3.22. The Hall–Kier alpha value is -1.38. The van der Waals surface area contributed by atoms with Gasteiger partial charge in [0.2, 0.25) is 0 Å². The van der Waals surface area contributed by atoms with Crippen molar-refractivity contribution in [3.63, 3.8) is 0 Å². The summed E-state index contributed by atoms with van der Waals surface area (Å²) in [5.41, 5.74) is 0.608. The van der Waals surface area contributed by atoms with E-state index in [9.17, 15) is 18.8 Å². The maximum Gasteiger partial charge on any atom is 0.152 e. The minimum atomic E-state index is -3.22. The van der Waals surface area contributed by atoms with Crippen molar-refractivity contribution in [1.29, 1.82) is 5.26 Å². The van der Waals surface area contributed by atoms with Crippen LogP contribution in [0.2, 0.25) is 0 Å². The highest BCUT2D eigenvalue weighted by atomic mass is 32.2. The molecule has 5 heteroatoms. The number of aliphatic hydroxyl groups excluding tert-OH is 1. The molecule has 1 aromatic rings. The van der Waals surface area contributed by atoms with Crippen molar-refractivity contribution in [2.45, 2.75) is 31.3 Å². The minimum absolute atomic E-state index is 0.0107. The van der Waals surface area contributed by atoms with Crippen molar-refractivity contribution in [2.24, 2.45) is 5.41 Å². The molecule has 20 heavy (non-hydrogen) atoms. The molecule has 1 aliphatic heterocycles. The van der Waals surface area contributed by atoms with Crippen LogP contribution in [0.1, 0.15) is 42.4 Å². The number of rotatable bonds is 3. The molecule has 1 aromatic carbocycles. The molecule has 0 spiro atoms. The van der Waals surface area contributed by atoms with E-state index >= 15 is 0 Å². The molecular weight excluding hydrogens is 274 g/mol. The van der Waals surface area contributed by atoms with E-state index in [0.29, 0.717) is 5.92 Å². The number of nitrogens with zero attached hydrogens (tertiary/aromatic N) is 1. The number of aliphatic hydroxyl groups is 1. The molecule has 1 saturated heterocycles. The summed E-state index contributed by atoms with van der Waals surface area (Å²) in [6.07, 6.45) is 1.39. The summed E-state index contributed by atoms with van der Waals surface area (Å²) in [6, 6.07) is 9.64. The van der Waals surface area contributed by atoms with Gasteiger partial charge in [0.1, 0.15) is 5.41 Å². The molecule has 0 amide bonds. The van der Waals surface area contributed by atoms with Gasteiger partial charge >= 0.3 is 0 Å². The monoisotopic (exact) mass is 291 g/mol. The van der Waals surface area contributed by atoms with Crippen LogP contribution in [0.5, 0.6) is 0 Å². The van der Waals surface area contributed by atoms with Crippen molar-refractivity contribution < 1.29 is 13.5 Å². The van der Waals surface area contributed by atoms with E-state index in [1.165, 1.54) is 0 Å². The minimum Gasteiger partial charge on any atom is -0.387 e. The van der Waals surface area contributed by atoms with Crippen molar-refractivity contribution in [1.82, 2.24) is 0 Å². The lowest BCUT2D eigenvalue weighted by Gasteiger charge is -2.27. The smallest absolute Gasteiger partial charge is 0.152 e. The van der Waals surface area contributed by atoms with E-state index in [2.05, 4.69) is 6.07 Å². The van der Waals surface area contributed by atoms with Gasteiger partial charge in [-0.2, -0.15) is 5.26 Å². The second-order valence-electron chi connectivity index (χ2n) is 5.92. The average molecular weight is 291 g/mol. The Labute approximate surface area is 119 Å². The van der Waals surface area contributed by atoms with Crippen LogP contribution in [0.4, 0.5) is 0 Å². The summed E-state index contributed by atoms with van der Waals surface area (Å²) in [4.78, 5) is 0. The Morgan fingerprint density at radius 3 is 2.60 bits per heavy atom. The molecule has 4 nitrogen and oxygen atoms in total. The van der Waals surface area contributed by atoms with Crippen LogP contribution >= 0.6 is 0 Å². The fraction of sp³-hybridized carbons (Fsp3) is 0.533. The molecule has 0 radical (unpaired) electrons. The third kappa shape index (κ3) is 2.23. The van der Waals surface area contributed by atoms with Gasteiger partial charge in [0.15, 0.2) is 9.84 Å². The molecule has 1 saturated carbocycles. The Kier molecular flexibility index (Phi) is 3.11. The quantitative estimate of drug-likeness (QED) is 0.923. The predicted octanol–water partition coefficient (Wildman–Crippen LogP) is 1.93. The molecule has 3 rings (SSSR count). The Bertz CT molecular complexity index is 673. The molecule has 106 valence electrons. The largest absolute Gasteiger partial charge is 0.387 e. The van der Waals surface area contributed by atoms with E-state index in [1.807, 2.05) is 24.3 Å². The third-order valence-electron chi connectivity index (χ3n) is 4.39. The van der Waals surface area contributed by atoms with Gasteiger partial charge in [-0.3, -0.25) is 0 Å². The highest BCUT2D eigenvalue weighted by Gasteiger charge is 2.49. The van der Waals surface area contributed by atoms with Gasteiger partial charge in [-0.15, -0.1) is 0 Å². The van der Waals surface area contributed by atoms with Crippen molar-refractivity contribution in [2.75, 3.05) is 11.5 Å². The fourth-order valence-corrected chi connectivity index (χ4v) is 5.03. The van der Waals surface area contributed by atoms with Gasteiger partial charge in [0.05, 0.1) is 23.7 Å². The van der Waals surface area contributed by atoms with Crippen LogP contribution in [0.15, 0.2) is 24.3 Å². The van der Waals surface area contributed by atoms with Gasteiger partial charge in [-0.25, -0.2) is 8.42 Å². The normalized spacial score (nSPS) is 29.8. The first-order chi connectivity index (χ1) is 9.47. The Balaban J connectivity index is 2.00. The van der Waals surface area contributed by atoms with Gasteiger partial charge < -0.3 is 5.11 Å². The third-order valence-corrected chi connectivity index (χ3v) is 6.17. The van der Waals surface area contributed by atoms with Crippen molar-refractivity contribution in [3.05, 3.63) is 35.4 Å². The van der Waals surface area contributed by atoms with Crippen LogP contribution < -0.4 is 0 Å². The number of hydrogen-bond acceptors (Lipinski definition) is 4. The van der Waals surface area contributed by atoms with Crippen LogP contribution in [0.25, 0.3) is 0 Å². The van der Waals surface area contributed by atoms with Crippen LogP contribution in [0, 0.1) is 16.7 Å². The van der Waals surface area contributed by atoms with Crippen molar-refractivity contribution in [3.8, 4) is 6.07 Å². The fourth-order valence-electron chi connectivity index (χ4n) is 3.06. The molecule has 1 heterocycles. The summed E-state index contributed by atoms with van der Waals surface area (Å²) in [5, 5.41) is 20.1. The summed E-state index contributed by atoms with van der Waals surface area (Å²) < 4.78 is 23.4. The first-order valence-electron chi connectivity index (χ1n) is 6.86. The maximum atomic E-state index is 11.7. The standard InChI is InChI=1S/C15H17NO3S/c16-9-15(7-8-20(18,19)10-15)14(17)13-4-2-1-3-12(13)11-5-6-11/h1-4,11,14,17H,5-8,10H2. The van der Waals surface area contributed by atoms with E-state index in [-0.39, 0.29) is 17.9 Å². The van der Waals surface area contributed by atoms with Gasteiger partial charge in [-0.05, 0) is 36.3 Å². The zero-order valence-electron chi connectivity index (χ0n) is 11.1. The Morgan fingerprint density at radius 2 is 2.05 bits per heavy atom. The van der Waals surface area contributed by atoms with Gasteiger partial charge in [0.25, 0.3) is 0 Å². The summed E-state index contributed by atoms with van der Waals surface area (Å²) in [6.45, 7) is 0. The maximum absolute atomic E-state index is 11.7. The molecule has 2 fully saturated rings. The average Bonchev–Trinajstić information content (AvgIpc) is 3.23. The van der Waals surface area contributed by atoms with E-state index in [4.69, 9.17) is 0 Å². The zero-order valence-corrected chi connectivity index (χ0v) is 11.9. The number of benzene rings is 1. The number of nitriles is 1. The lowest BCUT2D eigenvalue weighted by Crippen LogP contribution is -2.29. The predicted molar refractivity (Wildman–Crippen MR) is 74.7 cm³/mol. The highest BCUT2D eigenvalue weighted by molar-refractivity contribution is 7.91. The first kappa shape index (κ1) is 13.6. The van der Waals surface area contributed by atoms with E-state index < -0.39 is 21.4 Å². The SMILES string of the molecule is N#CC1(C(O)c2ccccc2C2CC2)CCS(=O)(=O)C1. The second-order valence-corrected chi connectivity index (χ2v) is 8.10. The molecule has 0 bridgehead atoms. The topological polar surface area (TPSA) is 78.2 Å². The molecule has 1 aliphatic carbocycles. The van der Waals surface area contributed by atoms with Gasteiger partial charge in [0, 0.05) is 0 Å². The number of hydrogen-bond donors (Lipinski definition) is 1. The molecule has 2 aliphatic rings. The molecule has 2 atom stereocenters. The van der Waals surface area contributed by atoms with Crippen LogP contribution in [-0.2, 0) is 9.84 Å². The summed E-state index contributed by atoms with van der Waals surface area (Å²) >= 11 is 0.